The molecule has 0 unspecified atom stereocenters. The largest absolute Gasteiger partial charge is 0.480 e. The smallest absolute Gasteiger partial charge is 0.323 e. The third kappa shape index (κ3) is 3.59. The van der Waals surface area contributed by atoms with Crippen LogP contribution in [0.5, 0.6) is 5.88 Å². The summed E-state index contributed by atoms with van der Waals surface area (Å²) in [6.45, 7) is 4.21. The Morgan fingerprint density at radius 3 is 2.75 bits per heavy atom. The molecule has 0 bridgehead atoms. The van der Waals surface area contributed by atoms with Crippen LogP contribution >= 0.6 is 0 Å². The first-order valence-corrected chi connectivity index (χ1v) is 7.07. The van der Waals surface area contributed by atoms with E-state index in [-0.39, 0.29) is 12.6 Å². The average Bonchev–Trinajstić information content (AvgIpc) is 2.89. The molecule has 1 aliphatic carbocycles. The number of hydrogen-bond acceptors (Lipinski definition) is 5. The number of rotatable bonds is 6. The zero-order valence-electron chi connectivity index (χ0n) is 12.0. The molecule has 6 heteroatoms. The minimum atomic E-state index is -0.861. The summed E-state index contributed by atoms with van der Waals surface area (Å²) in [6, 6.07) is 1.98. The lowest BCUT2D eigenvalue weighted by Gasteiger charge is -2.27. The second kappa shape index (κ2) is 6.54. The first kappa shape index (κ1) is 14.6. The van der Waals surface area contributed by atoms with Crippen LogP contribution in [0.3, 0.4) is 0 Å². The van der Waals surface area contributed by atoms with Gasteiger partial charge in [0, 0.05) is 17.8 Å². The summed E-state index contributed by atoms with van der Waals surface area (Å²) in [5.41, 5.74) is 0.784. The van der Waals surface area contributed by atoms with Gasteiger partial charge >= 0.3 is 5.97 Å². The molecule has 1 heterocycles. The summed E-state index contributed by atoms with van der Waals surface area (Å²) >= 11 is 0. The number of aryl methyl sites for hydroxylation is 1. The van der Waals surface area contributed by atoms with Gasteiger partial charge in [-0.3, -0.25) is 4.79 Å². The first-order chi connectivity index (χ1) is 9.60. The standard InChI is InChI=1S/C14H21N3O3/c1-3-20-12-8-10(2)15-14(16-12)17(9-13(18)19)11-6-4-5-7-11/h8,11H,3-7,9H2,1-2H3,(H,18,19). The number of aromatic nitrogens is 2. The Balaban J connectivity index is 2.28. The Kier molecular flexibility index (Phi) is 4.76. The number of nitrogens with zero attached hydrogens (tertiary/aromatic N) is 3. The highest BCUT2D eigenvalue weighted by atomic mass is 16.5. The van der Waals surface area contributed by atoms with E-state index in [1.54, 1.807) is 11.0 Å². The number of aliphatic carboxylic acids is 1. The topological polar surface area (TPSA) is 75.5 Å². The molecule has 0 aromatic carbocycles. The molecule has 1 saturated carbocycles. The highest BCUT2D eigenvalue weighted by molar-refractivity contribution is 5.73. The van der Waals surface area contributed by atoms with Gasteiger partial charge in [-0.25, -0.2) is 4.98 Å². The summed E-state index contributed by atoms with van der Waals surface area (Å²) in [5, 5.41) is 9.12. The highest BCUT2D eigenvalue weighted by Gasteiger charge is 2.27. The fraction of sp³-hybridized carbons (Fsp3) is 0.643. The van der Waals surface area contributed by atoms with Crippen molar-refractivity contribution in [2.24, 2.45) is 0 Å². The van der Waals surface area contributed by atoms with E-state index in [1.807, 2.05) is 13.8 Å². The minimum Gasteiger partial charge on any atom is -0.480 e. The Hall–Kier alpha value is -1.85. The van der Waals surface area contributed by atoms with Gasteiger partial charge in [-0.2, -0.15) is 4.98 Å². The monoisotopic (exact) mass is 279 g/mol. The molecular formula is C14H21N3O3. The summed E-state index contributed by atoms with van der Waals surface area (Å²) in [7, 11) is 0. The molecule has 1 aromatic rings. The van der Waals surface area contributed by atoms with Crippen molar-refractivity contribution in [2.45, 2.75) is 45.6 Å². The van der Waals surface area contributed by atoms with Crippen LogP contribution in [0.4, 0.5) is 5.95 Å². The Morgan fingerprint density at radius 2 is 2.15 bits per heavy atom. The molecule has 20 heavy (non-hydrogen) atoms. The lowest BCUT2D eigenvalue weighted by Crippen LogP contribution is -2.39. The van der Waals surface area contributed by atoms with Gasteiger partial charge in [0.05, 0.1) is 6.61 Å². The summed E-state index contributed by atoms with van der Waals surface area (Å²) in [5.74, 6) is 0.103. The van der Waals surface area contributed by atoms with Crippen molar-refractivity contribution in [1.82, 2.24) is 9.97 Å². The molecule has 0 atom stereocenters. The number of carboxylic acids is 1. The molecule has 0 amide bonds. The predicted molar refractivity (Wildman–Crippen MR) is 75.2 cm³/mol. The van der Waals surface area contributed by atoms with Crippen LogP contribution < -0.4 is 9.64 Å². The molecule has 1 aromatic heterocycles. The van der Waals surface area contributed by atoms with Crippen molar-refractivity contribution in [2.75, 3.05) is 18.1 Å². The van der Waals surface area contributed by atoms with E-state index in [4.69, 9.17) is 9.84 Å². The molecular weight excluding hydrogens is 258 g/mol. The molecule has 0 aliphatic heterocycles. The molecule has 1 fully saturated rings. The lowest BCUT2D eigenvalue weighted by molar-refractivity contribution is -0.135. The molecule has 1 N–H and O–H groups in total. The maximum atomic E-state index is 11.1. The van der Waals surface area contributed by atoms with Crippen LogP contribution in [0, 0.1) is 6.92 Å². The fourth-order valence-electron chi connectivity index (χ4n) is 2.60. The molecule has 0 spiro atoms. The molecule has 0 radical (unpaired) electrons. The van der Waals surface area contributed by atoms with E-state index >= 15 is 0 Å². The van der Waals surface area contributed by atoms with Crippen molar-refractivity contribution in [1.29, 1.82) is 0 Å². The molecule has 1 aliphatic rings. The van der Waals surface area contributed by atoms with E-state index in [2.05, 4.69) is 9.97 Å². The highest BCUT2D eigenvalue weighted by Crippen LogP contribution is 2.27. The van der Waals surface area contributed by atoms with Gasteiger partial charge in [0.25, 0.3) is 0 Å². The fourth-order valence-corrected chi connectivity index (χ4v) is 2.60. The van der Waals surface area contributed by atoms with Crippen molar-refractivity contribution < 1.29 is 14.6 Å². The van der Waals surface area contributed by atoms with Gasteiger partial charge in [-0.05, 0) is 26.7 Å². The second-order valence-electron chi connectivity index (χ2n) is 5.04. The van der Waals surface area contributed by atoms with Gasteiger partial charge < -0.3 is 14.7 Å². The van der Waals surface area contributed by atoms with Crippen molar-refractivity contribution >= 4 is 11.9 Å². The van der Waals surface area contributed by atoms with E-state index in [0.717, 1.165) is 31.4 Å². The van der Waals surface area contributed by atoms with E-state index < -0.39 is 5.97 Å². The zero-order valence-corrected chi connectivity index (χ0v) is 12.0. The minimum absolute atomic E-state index is 0.0698. The Morgan fingerprint density at radius 1 is 1.45 bits per heavy atom. The number of ether oxygens (including phenoxy) is 1. The molecule has 2 rings (SSSR count). The third-order valence-corrected chi connectivity index (χ3v) is 3.44. The van der Waals surface area contributed by atoms with Crippen molar-refractivity contribution in [3.05, 3.63) is 11.8 Å². The van der Waals surface area contributed by atoms with Gasteiger partial charge in [0.15, 0.2) is 0 Å². The van der Waals surface area contributed by atoms with Crippen LogP contribution in [0.1, 0.15) is 38.3 Å². The maximum Gasteiger partial charge on any atom is 0.323 e. The second-order valence-corrected chi connectivity index (χ2v) is 5.04. The molecule has 6 nitrogen and oxygen atoms in total. The van der Waals surface area contributed by atoms with Crippen LogP contribution in [0.25, 0.3) is 0 Å². The van der Waals surface area contributed by atoms with E-state index in [0.29, 0.717) is 18.4 Å². The SMILES string of the molecule is CCOc1cc(C)nc(N(CC(=O)O)C2CCCC2)n1. The average molecular weight is 279 g/mol. The summed E-state index contributed by atoms with van der Waals surface area (Å²) < 4.78 is 5.42. The van der Waals surface area contributed by atoms with Crippen LogP contribution in [0.2, 0.25) is 0 Å². The Bertz CT molecular complexity index is 473. The predicted octanol–water partition coefficient (Wildman–Crippen LogP) is 2.02. The van der Waals surface area contributed by atoms with Gasteiger partial charge in [-0.1, -0.05) is 12.8 Å². The number of carbonyl (C=O) groups is 1. The Labute approximate surface area is 118 Å². The van der Waals surface area contributed by atoms with Crippen LogP contribution in [-0.2, 0) is 4.79 Å². The van der Waals surface area contributed by atoms with Crippen molar-refractivity contribution in [3.63, 3.8) is 0 Å². The lowest BCUT2D eigenvalue weighted by atomic mass is 10.2. The van der Waals surface area contributed by atoms with Gasteiger partial charge in [0.2, 0.25) is 11.8 Å². The first-order valence-electron chi connectivity index (χ1n) is 7.07. The number of carboxylic acid groups (broad SMARTS) is 1. The number of anilines is 1. The normalized spacial score (nSPS) is 15.3. The van der Waals surface area contributed by atoms with E-state index in [9.17, 15) is 4.79 Å². The quantitative estimate of drug-likeness (QED) is 0.858. The van der Waals surface area contributed by atoms with Crippen molar-refractivity contribution in [3.8, 4) is 5.88 Å². The zero-order chi connectivity index (χ0) is 14.5. The van der Waals surface area contributed by atoms with E-state index in [1.165, 1.54) is 0 Å². The van der Waals surface area contributed by atoms with Crippen LogP contribution in [-0.4, -0.2) is 40.2 Å². The molecule has 0 saturated heterocycles. The third-order valence-electron chi connectivity index (χ3n) is 3.44. The maximum absolute atomic E-state index is 11.1. The summed E-state index contributed by atoms with van der Waals surface area (Å²) in [4.78, 5) is 21.6. The van der Waals surface area contributed by atoms with Gasteiger partial charge in [-0.15, -0.1) is 0 Å². The summed E-state index contributed by atoms with van der Waals surface area (Å²) in [6.07, 6.45) is 4.25. The van der Waals surface area contributed by atoms with Crippen LogP contribution in [0.15, 0.2) is 6.07 Å². The number of hydrogen-bond donors (Lipinski definition) is 1. The van der Waals surface area contributed by atoms with Gasteiger partial charge in [0.1, 0.15) is 6.54 Å². The molecule has 110 valence electrons.